The van der Waals surface area contributed by atoms with Crippen molar-refractivity contribution < 1.29 is 9.53 Å². The molecule has 7 atom stereocenters. The topological polar surface area (TPSA) is 41.9 Å². The zero-order valence-corrected chi connectivity index (χ0v) is 14.6. The number of benzene rings is 1. The minimum Gasteiger partial charge on any atom is -0.461 e. The minimum atomic E-state index is -0.184. The van der Waals surface area contributed by atoms with E-state index in [0.717, 1.165) is 25.1 Å². The molecule has 6 aliphatic rings. The maximum Gasteiger partial charge on any atom is 0.302 e. The SMILES string of the molecule is CC=C1CN2[C@H]3CC1C1[C@@H](OC(C)=O)[C@@]4(C[C@@H]12)C3=Nc1ccccc14. The number of carbonyl (C=O) groups is 1. The number of aliphatic imine (C=N–C) groups is 1. The largest absolute Gasteiger partial charge is 0.461 e. The summed E-state index contributed by atoms with van der Waals surface area (Å²) >= 11 is 0. The molecular weight excluding hydrogens is 312 g/mol. The van der Waals surface area contributed by atoms with Crippen molar-refractivity contribution >= 4 is 17.4 Å². The van der Waals surface area contributed by atoms with E-state index in [-0.39, 0.29) is 17.5 Å². The molecule has 5 bridgehead atoms. The number of fused-ring (bicyclic) bond motifs is 2. The summed E-state index contributed by atoms with van der Waals surface area (Å²) in [5.41, 5.74) is 5.00. The van der Waals surface area contributed by atoms with Crippen molar-refractivity contribution in [3.8, 4) is 0 Å². The first-order valence-corrected chi connectivity index (χ1v) is 9.42. The van der Waals surface area contributed by atoms with Gasteiger partial charge < -0.3 is 4.74 Å². The van der Waals surface area contributed by atoms with Crippen LogP contribution in [0, 0.1) is 11.8 Å². The van der Waals surface area contributed by atoms with Gasteiger partial charge >= 0.3 is 5.97 Å². The zero-order chi connectivity index (χ0) is 16.9. The van der Waals surface area contributed by atoms with Crippen molar-refractivity contribution in [3.05, 3.63) is 41.5 Å². The van der Waals surface area contributed by atoms with E-state index in [2.05, 4.69) is 42.2 Å². The molecule has 1 aliphatic carbocycles. The molecule has 1 aromatic rings. The molecule has 1 aromatic carbocycles. The molecule has 1 spiro atoms. The number of ether oxygens (including phenoxy) is 1. The fourth-order valence-electron chi connectivity index (χ4n) is 6.78. The van der Waals surface area contributed by atoms with E-state index in [4.69, 9.17) is 9.73 Å². The molecule has 0 radical (unpaired) electrons. The Balaban J connectivity index is 1.62. The first-order valence-electron chi connectivity index (χ1n) is 9.42. The van der Waals surface area contributed by atoms with Gasteiger partial charge in [-0.25, -0.2) is 0 Å². The third kappa shape index (κ3) is 1.46. The number of carbonyl (C=O) groups excluding carboxylic acids is 1. The summed E-state index contributed by atoms with van der Waals surface area (Å²) in [5, 5.41) is 0. The smallest absolute Gasteiger partial charge is 0.302 e. The molecule has 0 N–H and O–H groups in total. The molecule has 7 rings (SSSR count). The second-order valence-corrected chi connectivity index (χ2v) is 8.26. The van der Waals surface area contributed by atoms with Gasteiger partial charge in [-0.3, -0.25) is 14.7 Å². The van der Waals surface area contributed by atoms with Crippen molar-refractivity contribution in [1.82, 2.24) is 4.90 Å². The van der Waals surface area contributed by atoms with Crippen molar-refractivity contribution in [2.75, 3.05) is 6.54 Å². The molecule has 3 unspecified atom stereocenters. The van der Waals surface area contributed by atoms with Crippen LogP contribution in [0.4, 0.5) is 5.69 Å². The standard InChI is InChI=1S/C21H22N2O2/c1-3-12-10-23-16-8-13(12)18-17(23)9-21(20(18)25-11(2)24)14-6-4-5-7-15(14)22-19(16)21/h3-7,13,16-18,20H,8-10H2,1-2H3/t13?,16-,17-,18?,20+,21+/m0/s1. The van der Waals surface area contributed by atoms with Crippen molar-refractivity contribution in [2.45, 2.75) is 50.3 Å². The van der Waals surface area contributed by atoms with E-state index >= 15 is 0 Å². The number of piperidine rings is 4. The Morgan fingerprint density at radius 2 is 2.24 bits per heavy atom. The lowest BCUT2D eigenvalue weighted by molar-refractivity contribution is -0.152. The summed E-state index contributed by atoms with van der Waals surface area (Å²) < 4.78 is 6.09. The maximum absolute atomic E-state index is 12.0. The summed E-state index contributed by atoms with van der Waals surface area (Å²) in [7, 11) is 0. The number of hydrogen-bond donors (Lipinski definition) is 0. The number of rotatable bonds is 1. The van der Waals surface area contributed by atoms with Gasteiger partial charge in [-0.2, -0.15) is 0 Å². The van der Waals surface area contributed by atoms with Crippen molar-refractivity contribution in [2.24, 2.45) is 16.8 Å². The minimum absolute atomic E-state index is 0.0763. The van der Waals surface area contributed by atoms with E-state index in [1.807, 2.05) is 0 Å². The third-order valence-corrected chi connectivity index (χ3v) is 7.48. The van der Waals surface area contributed by atoms with E-state index in [0.29, 0.717) is 23.9 Å². The molecule has 4 nitrogen and oxygen atoms in total. The van der Waals surface area contributed by atoms with Crippen LogP contribution in [0.3, 0.4) is 0 Å². The molecule has 4 saturated heterocycles. The molecule has 4 heteroatoms. The first-order chi connectivity index (χ1) is 12.1. The fourth-order valence-corrected chi connectivity index (χ4v) is 6.78. The van der Waals surface area contributed by atoms with Gasteiger partial charge in [0.25, 0.3) is 0 Å². The van der Waals surface area contributed by atoms with Crippen LogP contribution in [0.25, 0.3) is 0 Å². The van der Waals surface area contributed by atoms with Gasteiger partial charge in [0.15, 0.2) is 0 Å². The fraction of sp³-hybridized carbons (Fsp3) is 0.524. The monoisotopic (exact) mass is 334 g/mol. The van der Waals surface area contributed by atoms with Crippen LogP contribution in [0.15, 0.2) is 40.9 Å². The van der Waals surface area contributed by atoms with Crippen LogP contribution in [0.1, 0.15) is 32.3 Å². The Labute approximate surface area is 147 Å². The highest BCUT2D eigenvalue weighted by molar-refractivity contribution is 6.08. The van der Waals surface area contributed by atoms with Gasteiger partial charge in [0.1, 0.15) is 6.10 Å². The van der Waals surface area contributed by atoms with E-state index in [1.165, 1.54) is 16.8 Å². The van der Waals surface area contributed by atoms with Gasteiger partial charge in [0.05, 0.1) is 22.9 Å². The predicted octanol–water partition coefficient (Wildman–Crippen LogP) is 2.99. The molecule has 25 heavy (non-hydrogen) atoms. The van der Waals surface area contributed by atoms with Crippen molar-refractivity contribution in [1.29, 1.82) is 0 Å². The Morgan fingerprint density at radius 3 is 3.04 bits per heavy atom. The van der Waals surface area contributed by atoms with Crippen molar-refractivity contribution in [3.63, 3.8) is 0 Å². The third-order valence-electron chi connectivity index (χ3n) is 7.48. The van der Waals surface area contributed by atoms with Crippen LogP contribution in [-0.4, -0.2) is 41.3 Å². The Morgan fingerprint density at radius 1 is 1.40 bits per heavy atom. The number of allylic oxidation sites excluding steroid dienone is 1. The van der Waals surface area contributed by atoms with Gasteiger partial charge in [-0.15, -0.1) is 0 Å². The number of nitrogens with zero attached hydrogens (tertiary/aromatic N) is 2. The summed E-state index contributed by atoms with van der Waals surface area (Å²) in [6, 6.07) is 9.42. The lowest BCUT2D eigenvalue weighted by atomic mass is 9.66. The second-order valence-electron chi connectivity index (χ2n) is 8.26. The molecule has 5 aliphatic heterocycles. The lowest BCUT2D eigenvalue weighted by Crippen LogP contribution is -2.64. The summed E-state index contributed by atoms with van der Waals surface area (Å²) in [5.74, 6) is 0.778. The predicted molar refractivity (Wildman–Crippen MR) is 95.0 cm³/mol. The Kier molecular flexibility index (Phi) is 2.52. The highest BCUT2D eigenvalue weighted by Crippen LogP contribution is 2.66. The number of para-hydroxylation sites is 1. The number of hydrogen-bond acceptors (Lipinski definition) is 4. The molecule has 5 fully saturated rings. The Hall–Kier alpha value is -1.94. The van der Waals surface area contributed by atoms with Crippen LogP contribution in [-0.2, 0) is 14.9 Å². The average Bonchev–Trinajstić information content (AvgIpc) is 3.09. The zero-order valence-electron chi connectivity index (χ0n) is 14.6. The highest BCUT2D eigenvalue weighted by Gasteiger charge is 2.73. The normalized spacial score (nSPS) is 46.2. The molecule has 0 aromatic heterocycles. The lowest BCUT2D eigenvalue weighted by Gasteiger charge is -2.55. The van der Waals surface area contributed by atoms with Gasteiger partial charge in [0, 0.05) is 25.4 Å². The summed E-state index contributed by atoms with van der Waals surface area (Å²) in [4.78, 5) is 19.8. The highest BCUT2D eigenvalue weighted by atomic mass is 16.5. The first kappa shape index (κ1) is 14.3. The molecule has 1 saturated carbocycles. The maximum atomic E-state index is 12.0. The van der Waals surface area contributed by atoms with E-state index in [1.54, 1.807) is 6.92 Å². The van der Waals surface area contributed by atoms with E-state index < -0.39 is 0 Å². The molecule has 0 amide bonds. The van der Waals surface area contributed by atoms with E-state index in [9.17, 15) is 4.79 Å². The quantitative estimate of drug-likeness (QED) is 0.586. The molecule has 128 valence electrons. The Bertz CT molecular complexity index is 872. The van der Waals surface area contributed by atoms with Crippen LogP contribution >= 0.6 is 0 Å². The van der Waals surface area contributed by atoms with Gasteiger partial charge in [0.2, 0.25) is 0 Å². The van der Waals surface area contributed by atoms with Crippen LogP contribution in [0.5, 0.6) is 0 Å². The van der Waals surface area contributed by atoms with Gasteiger partial charge in [-0.1, -0.05) is 29.8 Å². The molecular formula is C21H22N2O2. The summed E-state index contributed by atoms with van der Waals surface area (Å²) in [6.07, 6.45) is 4.40. The average molecular weight is 334 g/mol. The number of esters is 1. The van der Waals surface area contributed by atoms with Gasteiger partial charge in [-0.05, 0) is 37.3 Å². The summed E-state index contributed by atoms with van der Waals surface area (Å²) in [6.45, 7) is 4.77. The van der Waals surface area contributed by atoms with Crippen LogP contribution < -0.4 is 0 Å². The molecule has 5 heterocycles. The second kappa shape index (κ2) is 4.42. The van der Waals surface area contributed by atoms with Crippen LogP contribution in [0.2, 0.25) is 0 Å².